The van der Waals surface area contributed by atoms with Gasteiger partial charge in [0.25, 0.3) is 0 Å². The number of fused-ring (bicyclic) bond motifs is 1. The van der Waals surface area contributed by atoms with Crippen molar-refractivity contribution in [2.24, 2.45) is 10.9 Å². The van der Waals surface area contributed by atoms with E-state index in [9.17, 15) is 0 Å². The third-order valence-electron chi connectivity index (χ3n) is 3.95. The summed E-state index contributed by atoms with van der Waals surface area (Å²) in [5.74, 6) is 3.10. The molecule has 6 heteroatoms. The molecule has 0 amide bonds. The minimum atomic E-state index is 0.354. The number of benzene rings is 1. The number of hydrogen-bond acceptors (Lipinski definition) is 5. The molecule has 4 nitrogen and oxygen atoms in total. The third-order valence-corrected chi connectivity index (χ3v) is 5.81. The van der Waals surface area contributed by atoms with Crippen LogP contribution in [0.4, 0.5) is 0 Å². The van der Waals surface area contributed by atoms with Crippen molar-refractivity contribution in [3.8, 4) is 11.5 Å². The molecule has 1 aliphatic rings. The van der Waals surface area contributed by atoms with Gasteiger partial charge in [0, 0.05) is 17.2 Å². The summed E-state index contributed by atoms with van der Waals surface area (Å²) in [6.07, 6.45) is 0. The molecule has 3 rings (SSSR count). The average molecular weight is 395 g/mol. The van der Waals surface area contributed by atoms with Crippen LogP contribution in [0.25, 0.3) is 10.9 Å². The van der Waals surface area contributed by atoms with Gasteiger partial charge in [-0.05, 0) is 34.0 Å². The summed E-state index contributed by atoms with van der Waals surface area (Å²) in [6.45, 7) is 4.40. The van der Waals surface area contributed by atoms with E-state index >= 15 is 0 Å². The maximum atomic E-state index is 5.56. The van der Waals surface area contributed by atoms with Gasteiger partial charge in [0.2, 0.25) is 0 Å². The quantitative estimate of drug-likeness (QED) is 0.763. The number of aromatic nitrogens is 1. The minimum absolute atomic E-state index is 0.354. The maximum absolute atomic E-state index is 5.56. The zero-order chi connectivity index (χ0) is 16.6. The van der Waals surface area contributed by atoms with Crippen molar-refractivity contribution >= 4 is 43.6 Å². The van der Waals surface area contributed by atoms with Gasteiger partial charge >= 0.3 is 0 Å². The van der Waals surface area contributed by atoms with Gasteiger partial charge < -0.3 is 9.47 Å². The summed E-state index contributed by atoms with van der Waals surface area (Å²) in [6, 6.07) is 6.20. The summed E-state index contributed by atoms with van der Waals surface area (Å²) in [4.78, 5) is 9.64. The highest BCUT2D eigenvalue weighted by Gasteiger charge is 2.24. The number of nitrogens with zero attached hydrogens (tertiary/aromatic N) is 2. The van der Waals surface area contributed by atoms with Crippen LogP contribution in [0.3, 0.4) is 0 Å². The van der Waals surface area contributed by atoms with E-state index in [1.807, 2.05) is 18.2 Å². The van der Waals surface area contributed by atoms with Crippen LogP contribution in [-0.4, -0.2) is 36.0 Å². The lowest BCUT2D eigenvalue weighted by atomic mass is 10.1. The molecule has 0 saturated carbocycles. The second-order valence-corrected chi connectivity index (χ2v) is 7.55. The summed E-state index contributed by atoms with van der Waals surface area (Å²) >= 11 is 5.35. The first-order valence-corrected chi connectivity index (χ1v) is 9.25. The van der Waals surface area contributed by atoms with Crippen LogP contribution in [-0.2, 0) is 0 Å². The standard InChI is InChI=1S/C17H19BrN2O2S/c1-9(2)12-8-23-17(20-12)11-7-14(22-4)10-5-6-13(21-3)15(18)16(10)19-11/h5-7,9,12H,8H2,1-4H3. The molecule has 2 aromatic rings. The lowest BCUT2D eigenvalue weighted by molar-refractivity contribution is 0.412. The molecular weight excluding hydrogens is 376 g/mol. The molecule has 1 aromatic carbocycles. The molecule has 0 radical (unpaired) electrons. The molecule has 23 heavy (non-hydrogen) atoms. The lowest BCUT2D eigenvalue weighted by Crippen LogP contribution is -2.11. The lowest BCUT2D eigenvalue weighted by Gasteiger charge is -2.11. The van der Waals surface area contributed by atoms with Crippen molar-refractivity contribution in [1.82, 2.24) is 4.98 Å². The number of methoxy groups -OCH3 is 2. The SMILES string of the molecule is COc1ccc2c(OC)cc(C3=NC(C(C)C)CS3)nc2c1Br. The fourth-order valence-electron chi connectivity index (χ4n) is 2.52. The molecule has 1 atom stereocenters. The van der Waals surface area contributed by atoms with E-state index in [2.05, 4.69) is 29.8 Å². The molecular formula is C17H19BrN2O2S. The van der Waals surface area contributed by atoms with E-state index in [1.165, 1.54) is 0 Å². The van der Waals surface area contributed by atoms with E-state index < -0.39 is 0 Å². The molecule has 1 unspecified atom stereocenters. The fraction of sp³-hybridized carbons (Fsp3) is 0.412. The molecule has 0 saturated heterocycles. The van der Waals surface area contributed by atoms with Crippen LogP contribution >= 0.6 is 27.7 Å². The molecule has 1 aliphatic heterocycles. The molecule has 0 N–H and O–H groups in total. The fourth-order valence-corrected chi connectivity index (χ4v) is 4.36. The smallest absolute Gasteiger partial charge is 0.135 e. The highest BCUT2D eigenvalue weighted by atomic mass is 79.9. The Hall–Kier alpha value is -1.27. The number of rotatable bonds is 4. The number of halogens is 1. The van der Waals surface area contributed by atoms with E-state index in [1.54, 1.807) is 26.0 Å². The third kappa shape index (κ3) is 3.06. The Morgan fingerprint density at radius 3 is 2.57 bits per heavy atom. The van der Waals surface area contributed by atoms with Crippen LogP contribution < -0.4 is 9.47 Å². The Bertz CT molecular complexity index is 777. The van der Waals surface area contributed by atoms with E-state index in [4.69, 9.17) is 19.5 Å². The molecule has 0 spiro atoms. The minimum Gasteiger partial charge on any atom is -0.496 e. The van der Waals surface area contributed by atoms with Crippen molar-refractivity contribution in [2.75, 3.05) is 20.0 Å². The van der Waals surface area contributed by atoms with Crippen molar-refractivity contribution in [3.05, 3.63) is 28.4 Å². The Kier molecular flexibility index (Phi) is 4.82. The van der Waals surface area contributed by atoms with Gasteiger partial charge in [-0.25, -0.2) is 4.98 Å². The van der Waals surface area contributed by atoms with Gasteiger partial charge in [-0.3, -0.25) is 4.99 Å². The number of ether oxygens (including phenoxy) is 2. The largest absolute Gasteiger partial charge is 0.496 e. The molecule has 0 aliphatic carbocycles. The van der Waals surface area contributed by atoms with Gasteiger partial charge in [0.1, 0.15) is 16.5 Å². The van der Waals surface area contributed by atoms with Gasteiger partial charge in [0.05, 0.1) is 35.9 Å². The molecule has 0 bridgehead atoms. The average Bonchev–Trinajstić information content (AvgIpc) is 3.05. The number of pyridine rings is 1. The normalized spacial score (nSPS) is 17.7. The highest BCUT2D eigenvalue weighted by molar-refractivity contribution is 9.10. The van der Waals surface area contributed by atoms with Gasteiger partial charge in [-0.15, -0.1) is 11.8 Å². The molecule has 2 heterocycles. The highest BCUT2D eigenvalue weighted by Crippen LogP contribution is 2.37. The van der Waals surface area contributed by atoms with Crippen LogP contribution in [0.5, 0.6) is 11.5 Å². The summed E-state index contributed by atoms with van der Waals surface area (Å²) in [5, 5.41) is 1.94. The Labute approximate surface area is 148 Å². The second kappa shape index (κ2) is 6.69. The molecule has 1 aromatic heterocycles. The molecule has 122 valence electrons. The first kappa shape index (κ1) is 16.6. The van der Waals surface area contributed by atoms with Crippen LogP contribution in [0.1, 0.15) is 19.5 Å². The van der Waals surface area contributed by atoms with Crippen molar-refractivity contribution in [3.63, 3.8) is 0 Å². The summed E-state index contributed by atoms with van der Waals surface area (Å²) < 4.78 is 11.8. The summed E-state index contributed by atoms with van der Waals surface area (Å²) in [7, 11) is 3.33. The zero-order valence-corrected chi connectivity index (χ0v) is 16.0. The van der Waals surface area contributed by atoms with Gasteiger partial charge in [0.15, 0.2) is 0 Å². The van der Waals surface area contributed by atoms with Crippen LogP contribution in [0, 0.1) is 5.92 Å². The Balaban J connectivity index is 2.16. The first-order chi connectivity index (χ1) is 11.0. The Morgan fingerprint density at radius 2 is 1.96 bits per heavy atom. The predicted octanol–water partition coefficient (Wildman–Crippen LogP) is 4.53. The predicted molar refractivity (Wildman–Crippen MR) is 100 cm³/mol. The summed E-state index contributed by atoms with van der Waals surface area (Å²) in [5.41, 5.74) is 1.69. The topological polar surface area (TPSA) is 43.7 Å². The van der Waals surface area contributed by atoms with Crippen molar-refractivity contribution in [2.45, 2.75) is 19.9 Å². The van der Waals surface area contributed by atoms with Crippen LogP contribution in [0.2, 0.25) is 0 Å². The van der Waals surface area contributed by atoms with E-state index in [-0.39, 0.29) is 0 Å². The maximum Gasteiger partial charge on any atom is 0.135 e. The van der Waals surface area contributed by atoms with Crippen molar-refractivity contribution in [1.29, 1.82) is 0 Å². The zero-order valence-electron chi connectivity index (χ0n) is 13.6. The molecule has 0 fully saturated rings. The van der Waals surface area contributed by atoms with Crippen LogP contribution in [0.15, 0.2) is 27.7 Å². The second-order valence-electron chi connectivity index (χ2n) is 5.74. The number of thioether (sulfide) groups is 1. The monoisotopic (exact) mass is 394 g/mol. The number of aliphatic imine (C=N–C) groups is 1. The number of hydrogen-bond donors (Lipinski definition) is 0. The Morgan fingerprint density at radius 1 is 1.22 bits per heavy atom. The van der Waals surface area contributed by atoms with E-state index in [0.29, 0.717) is 12.0 Å². The van der Waals surface area contributed by atoms with Gasteiger partial charge in [-0.1, -0.05) is 13.8 Å². The first-order valence-electron chi connectivity index (χ1n) is 7.47. The van der Waals surface area contributed by atoms with Crippen molar-refractivity contribution < 1.29 is 9.47 Å². The van der Waals surface area contributed by atoms with Gasteiger partial charge in [-0.2, -0.15) is 0 Å². The van der Waals surface area contributed by atoms with E-state index in [0.717, 1.165) is 43.4 Å².